The molecule has 1 aliphatic rings. The molecule has 0 amide bonds. The Bertz CT molecular complexity index is 2370. The van der Waals surface area contributed by atoms with Crippen LogP contribution in [-0.4, -0.2) is 64.1 Å². The number of fused-ring (bicyclic) bond motifs is 8. The average molecular weight is 778 g/mol. The van der Waals surface area contributed by atoms with Crippen LogP contribution in [0.25, 0.3) is 32.9 Å². The molecule has 0 aliphatic carbocycles. The van der Waals surface area contributed by atoms with Gasteiger partial charge in [-0.3, -0.25) is 9.36 Å². The number of nitrogens with zero attached hydrogens (tertiary/aromatic N) is 5. The van der Waals surface area contributed by atoms with E-state index in [-0.39, 0.29) is 18.6 Å². The van der Waals surface area contributed by atoms with Gasteiger partial charge in [0, 0.05) is 72.7 Å². The van der Waals surface area contributed by atoms with Gasteiger partial charge in [-0.25, -0.2) is 13.6 Å². The quantitative estimate of drug-likeness (QED) is 0.125. The molecule has 7 rings (SSSR count). The Morgan fingerprint density at radius 2 is 1.74 bits per heavy atom. The Morgan fingerprint density at radius 3 is 2.54 bits per heavy atom. The molecule has 284 valence electrons. The predicted molar refractivity (Wildman–Crippen MR) is 206 cm³/mol. The highest BCUT2D eigenvalue weighted by Crippen LogP contribution is 2.42. The standard InChI is InChI=1S/C40H42ClF2N5O5S/c1-46-37-28-10-12-31(41)35(37)38-30(33(45-48(38)3)20-52-16-15-50-4)22-54-21-24-19-25(47(2)44-24)9-8-23-17-29-26(11-13-32(42)36(29)43)34(18-23)53-14-6-7-27(28)39(46)40(49)51-5/h10-13,17-19H,6-9,14-16,20-22H2,1-5H3. The molecule has 6 aromatic rings. The van der Waals surface area contributed by atoms with E-state index in [1.807, 2.05) is 53.3 Å². The first-order chi connectivity index (χ1) is 26.1. The first kappa shape index (κ1) is 37.9. The fraction of sp³-hybridized carbons (Fsp3) is 0.375. The SMILES string of the molecule is COCCOCc1nn(C)c2c1CSCc1cc(n(C)n1)CCc1cc(c3ccc(F)c(F)c3c1)OCCCc1c(C(=O)OC)n(C)c3c-2c(Cl)ccc13. The van der Waals surface area contributed by atoms with Gasteiger partial charge in [0.15, 0.2) is 11.6 Å². The van der Waals surface area contributed by atoms with Gasteiger partial charge in [0.25, 0.3) is 0 Å². The highest BCUT2D eigenvalue weighted by molar-refractivity contribution is 7.97. The molecule has 4 heterocycles. The number of benzene rings is 3. The van der Waals surface area contributed by atoms with Crippen molar-refractivity contribution >= 4 is 51.0 Å². The summed E-state index contributed by atoms with van der Waals surface area (Å²) in [6.07, 6.45) is 2.20. The molecule has 0 saturated heterocycles. The highest BCUT2D eigenvalue weighted by Gasteiger charge is 2.28. The normalized spacial score (nSPS) is 13.9. The van der Waals surface area contributed by atoms with E-state index < -0.39 is 17.6 Å². The van der Waals surface area contributed by atoms with Crippen LogP contribution in [0.2, 0.25) is 5.02 Å². The topological polar surface area (TPSA) is 94.6 Å². The number of thioether (sulfide) groups is 1. The summed E-state index contributed by atoms with van der Waals surface area (Å²) in [6.45, 7) is 1.42. The van der Waals surface area contributed by atoms with Gasteiger partial charge < -0.3 is 23.5 Å². The first-order valence-electron chi connectivity index (χ1n) is 17.7. The second kappa shape index (κ2) is 16.1. The molecule has 0 unspecified atom stereocenters. The van der Waals surface area contributed by atoms with Crippen molar-refractivity contribution in [2.75, 3.05) is 34.0 Å². The highest BCUT2D eigenvalue weighted by atomic mass is 35.5. The molecule has 3 aromatic carbocycles. The molecule has 8 bridgehead atoms. The van der Waals surface area contributed by atoms with E-state index >= 15 is 4.39 Å². The van der Waals surface area contributed by atoms with E-state index in [0.29, 0.717) is 72.3 Å². The fourth-order valence-corrected chi connectivity index (χ4v) is 8.65. The number of carbonyl (C=O) groups excluding carboxylic acids is 1. The predicted octanol–water partition coefficient (Wildman–Crippen LogP) is 7.89. The lowest BCUT2D eigenvalue weighted by molar-refractivity contribution is 0.0589. The number of hydrogen-bond acceptors (Lipinski definition) is 8. The summed E-state index contributed by atoms with van der Waals surface area (Å²) in [5.74, 6) is -0.598. The van der Waals surface area contributed by atoms with Crippen molar-refractivity contribution in [2.45, 2.75) is 43.8 Å². The minimum absolute atomic E-state index is 0.173. The third-order valence-corrected chi connectivity index (χ3v) is 11.3. The number of carbonyl (C=O) groups is 1. The lowest BCUT2D eigenvalue weighted by atomic mass is 10.00. The molecular weight excluding hydrogens is 736 g/mol. The molecule has 14 heteroatoms. The summed E-state index contributed by atoms with van der Waals surface area (Å²) in [7, 11) is 8.66. The summed E-state index contributed by atoms with van der Waals surface area (Å²) >= 11 is 8.81. The number of methoxy groups -OCH3 is 2. The Morgan fingerprint density at radius 1 is 0.926 bits per heavy atom. The molecule has 3 aromatic heterocycles. The summed E-state index contributed by atoms with van der Waals surface area (Å²) in [4.78, 5) is 13.5. The monoisotopic (exact) mass is 777 g/mol. The van der Waals surface area contributed by atoms with Crippen molar-refractivity contribution in [1.29, 1.82) is 0 Å². The number of aromatic nitrogens is 5. The van der Waals surface area contributed by atoms with E-state index in [0.717, 1.165) is 62.0 Å². The first-order valence-corrected chi connectivity index (χ1v) is 19.3. The van der Waals surface area contributed by atoms with Gasteiger partial charge in [0.2, 0.25) is 0 Å². The van der Waals surface area contributed by atoms with Crippen LogP contribution < -0.4 is 4.74 Å². The number of esters is 1. The summed E-state index contributed by atoms with van der Waals surface area (Å²) in [5, 5.41) is 11.8. The molecular formula is C40H42ClF2N5O5S. The zero-order valence-corrected chi connectivity index (χ0v) is 32.5. The van der Waals surface area contributed by atoms with Gasteiger partial charge in [-0.1, -0.05) is 17.7 Å². The van der Waals surface area contributed by atoms with Gasteiger partial charge in [-0.2, -0.15) is 22.0 Å². The van der Waals surface area contributed by atoms with Crippen LogP contribution in [0.5, 0.6) is 5.75 Å². The molecule has 1 aliphatic heterocycles. The number of hydrogen-bond donors (Lipinski definition) is 0. The van der Waals surface area contributed by atoms with Gasteiger partial charge >= 0.3 is 5.97 Å². The van der Waals surface area contributed by atoms with Crippen molar-refractivity contribution in [3.05, 3.63) is 98.6 Å². The Balaban J connectivity index is 1.37. The van der Waals surface area contributed by atoms with E-state index in [2.05, 4.69) is 6.07 Å². The van der Waals surface area contributed by atoms with Crippen LogP contribution in [0.3, 0.4) is 0 Å². The van der Waals surface area contributed by atoms with Gasteiger partial charge in [0.1, 0.15) is 11.4 Å². The Labute approximate surface area is 321 Å². The average Bonchev–Trinajstić information content (AvgIpc) is 3.77. The van der Waals surface area contributed by atoms with Crippen LogP contribution in [0.1, 0.15) is 50.7 Å². The minimum Gasteiger partial charge on any atom is -0.493 e. The third-order valence-electron chi connectivity index (χ3n) is 9.99. The summed E-state index contributed by atoms with van der Waals surface area (Å²) < 4.78 is 58.0. The van der Waals surface area contributed by atoms with Crippen molar-refractivity contribution in [1.82, 2.24) is 24.1 Å². The largest absolute Gasteiger partial charge is 0.493 e. The molecule has 0 N–H and O–H groups in total. The smallest absolute Gasteiger partial charge is 0.354 e. The maximum absolute atomic E-state index is 15.2. The Kier molecular flexibility index (Phi) is 11.3. The lowest BCUT2D eigenvalue weighted by Crippen LogP contribution is -2.11. The molecule has 0 atom stereocenters. The fourth-order valence-electron chi connectivity index (χ4n) is 7.45. The Hall–Kier alpha value is -4.43. The van der Waals surface area contributed by atoms with Crippen molar-refractivity contribution in [3.63, 3.8) is 0 Å². The van der Waals surface area contributed by atoms with Crippen LogP contribution in [0, 0.1) is 11.6 Å². The van der Waals surface area contributed by atoms with Crippen LogP contribution in [0.15, 0.2) is 42.5 Å². The number of halogens is 3. The maximum atomic E-state index is 15.2. The van der Waals surface area contributed by atoms with Crippen molar-refractivity contribution < 1.29 is 32.5 Å². The van der Waals surface area contributed by atoms with E-state index in [4.69, 9.17) is 40.7 Å². The number of rotatable bonds is 6. The zero-order valence-electron chi connectivity index (χ0n) is 30.9. The second-order valence-electron chi connectivity index (χ2n) is 13.4. The van der Waals surface area contributed by atoms with Crippen LogP contribution >= 0.6 is 23.4 Å². The maximum Gasteiger partial charge on any atom is 0.354 e. The van der Waals surface area contributed by atoms with Gasteiger partial charge in [-0.15, -0.1) is 0 Å². The van der Waals surface area contributed by atoms with Crippen LogP contribution in [0.4, 0.5) is 8.78 Å². The van der Waals surface area contributed by atoms with Crippen molar-refractivity contribution in [3.8, 4) is 17.0 Å². The zero-order chi connectivity index (χ0) is 38.1. The van der Waals surface area contributed by atoms with Gasteiger partial charge in [-0.05, 0) is 73.2 Å². The van der Waals surface area contributed by atoms with E-state index in [1.54, 1.807) is 31.0 Å². The molecule has 54 heavy (non-hydrogen) atoms. The molecule has 0 saturated carbocycles. The number of aryl methyl sites for hydroxylation is 6. The summed E-state index contributed by atoms with van der Waals surface area (Å²) in [6, 6.07) is 12.2. The minimum atomic E-state index is -0.911. The number of ether oxygens (including phenoxy) is 4. The third kappa shape index (κ3) is 7.22. The van der Waals surface area contributed by atoms with Crippen LogP contribution in [-0.2, 0) is 72.7 Å². The van der Waals surface area contributed by atoms with E-state index in [1.165, 1.54) is 7.11 Å². The second-order valence-corrected chi connectivity index (χ2v) is 14.8. The van der Waals surface area contributed by atoms with Crippen molar-refractivity contribution in [2.24, 2.45) is 21.1 Å². The summed E-state index contributed by atoms with van der Waals surface area (Å²) in [5.41, 5.74) is 8.08. The van der Waals surface area contributed by atoms with E-state index in [9.17, 15) is 9.18 Å². The molecule has 0 spiro atoms. The molecule has 0 radical (unpaired) electrons. The molecule has 10 nitrogen and oxygen atoms in total. The molecule has 0 fully saturated rings. The lowest BCUT2D eigenvalue weighted by Gasteiger charge is -2.13. The van der Waals surface area contributed by atoms with Gasteiger partial charge in [0.05, 0.1) is 61.2 Å².